The van der Waals surface area contributed by atoms with Crippen LogP contribution in [-0.4, -0.2) is 17.1 Å². The molecule has 21 heavy (non-hydrogen) atoms. The average molecular weight is 300 g/mol. The van der Waals surface area contributed by atoms with E-state index in [1.54, 1.807) is 7.11 Å². The molecule has 4 heteroatoms. The third kappa shape index (κ3) is 2.60. The van der Waals surface area contributed by atoms with E-state index in [2.05, 4.69) is 35.9 Å². The van der Waals surface area contributed by atoms with Crippen LogP contribution in [-0.2, 0) is 0 Å². The van der Waals surface area contributed by atoms with Gasteiger partial charge >= 0.3 is 0 Å². The highest BCUT2D eigenvalue weighted by Gasteiger charge is 2.27. The second-order valence-electron chi connectivity index (χ2n) is 5.86. The maximum absolute atomic E-state index is 5.60. The van der Waals surface area contributed by atoms with Gasteiger partial charge in [0.2, 0.25) is 0 Å². The molecule has 0 spiro atoms. The van der Waals surface area contributed by atoms with E-state index in [9.17, 15) is 0 Å². The van der Waals surface area contributed by atoms with Crippen molar-refractivity contribution >= 4 is 12.2 Å². The van der Waals surface area contributed by atoms with E-state index in [1.807, 2.05) is 6.92 Å². The number of hydrogen-bond acceptors (Lipinski definition) is 3. The van der Waals surface area contributed by atoms with Gasteiger partial charge in [0, 0.05) is 17.0 Å². The molecule has 3 nitrogen and oxygen atoms in total. The van der Waals surface area contributed by atoms with Crippen molar-refractivity contribution in [2.45, 2.75) is 39.5 Å². The summed E-state index contributed by atoms with van der Waals surface area (Å²) in [7, 11) is 1.71. The van der Waals surface area contributed by atoms with Crippen LogP contribution in [0.5, 0.6) is 5.75 Å². The molecule has 1 N–H and O–H groups in total. The monoisotopic (exact) mass is 300 g/mol. The van der Waals surface area contributed by atoms with Gasteiger partial charge in [0.15, 0.2) is 0 Å². The standard InChI is InChI=1S/C17H20N2OS/c1-9-7-10(2)14(13(8-9)20-4)15-11(3)17(21)19-16(18-15)12-5-6-12/h7-8,12H,5-6H2,1-4H3,(H,18,19,21). The van der Waals surface area contributed by atoms with Gasteiger partial charge < -0.3 is 9.72 Å². The van der Waals surface area contributed by atoms with Crippen LogP contribution in [0.25, 0.3) is 11.3 Å². The third-order valence-electron chi connectivity index (χ3n) is 4.05. The topological polar surface area (TPSA) is 37.9 Å². The van der Waals surface area contributed by atoms with Gasteiger partial charge in [-0.3, -0.25) is 0 Å². The second-order valence-corrected chi connectivity index (χ2v) is 6.25. The largest absolute Gasteiger partial charge is 0.496 e. The highest BCUT2D eigenvalue weighted by molar-refractivity contribution is 7.71. The Hall–Kier alpha value is -1.68. The molecule has 0 unspecified atom stereocenters. The van der Waals surface area contributed by atoms with E-state index in [0.717, 1.165) is 28.4 Å². The van der Waals surface area contributed by atoms with Crippen molar-refractivity contribution in [1.82, 2.24) is 9.97 Å². The fourth-order valence-electron chi connectivity index (χ4n) is 2.76. The fraction of sp³-hybridized carbons (Fsp3) is 0.412. The van der Waals surface area contributed by atoms with Crippen molar-refractivity contribution in [3.63, 3.8) is 0 Å². The lowest BCUT2D eigenvalue weighted by atomic mass is 9.99. The van der Waals surface area contributed by atoms with Crippen LogP contribution in [0.4, 0.5) is 0 Å². The Morgan fingerprint density at radius 2 is 1.95 bits per heavy atom. The molecule has 110 valence electrons. The van der Waals surface area contributed by atoms with Crippen LogP contribution in [0.3, 0.4) is 0 Å². The molecule has 0 amide bonds. The molecule has 1 aliphatic carbocycles. The molecular weight excluding hydrogens is 280 g/mol. The second kappa shape index (κ2) is 5.26. The van der Waals surface area contributed by atoms with Crippen LogP contribution in [0, 0.1) is 25.4 Å². The molecular formula is C17H20N2OS. The summed E-state index contributed by atoms with van der Waals surface area (Å²) in [5, 5.41) is 0. The zero-order chi connectivity index (χ0) is 15.1. The SMILES string of the molecule is COc1cc(C)cc(C)c1-c1[nH]c(C2CC2)nc(=S)c1C. The van der Waals surface area contributed by atoms with E-state index in [-0.39, 0.29) is 0 Å². The van der Waals surface area contributed by atoms with Gasteiger partial charge in [-0.1, -0.05) is 18.3 Å². The predicted molar refractivity (Wildman–Crippen MR) is 87.6 cm³/mol. The Kier molecular flexibility index (Phi) is 3.57. The molecule has 0 radical (unpaired) electrons. The summed E-state index contributed by atoms with van der Waals surface area (Å²) in [6, 6.07) is 4.24. The van der Waals surface area contributed by atoms with Gasteiger partial charge in [0.25, 0.3) is 0 Å². The number of ether oxygens (including phenoxy) is 1. The Morgan fingerprint density at radius 3 is 2.57 bits per heavy atom. The van der Waals surface area contributed by atoms with Gasteiger partial charge in [0.05, 0.1) is 12.8 Å². The minimum atomic E-state index is 0.544. The van der Waals surface area contributed by atoms with Crippen molar-refractivity contribution in [2.75, 3.05) is 7.11 Å². The highest BCUT2D eigenvalue weighted by atomic mass is 32.1. The summed E-state index contributed by atoms with van der Waals surface area (Å²) in [5.41, 5.74) is 5.54. The average Bonchev–Trinajstić information content (AvgIpc) is 3.26. The first-order valence-electron chi connectivity index (χ1n) is 7.27. The van der Waals surface area contributed by atoms with E-state index < -0.39 is 0 Å². The van der Waals surface area contributed by atoms with E-state index in [1.165, 1.54) is 24.0 Å². The Bertz CT molecular complexity index is 760. The van der Waals surface area contributed by atoms with Crippen LogP contribution in [0.2, 0.25) is 0 Å². The number of nitrogens with zero attached hydrogens (tertiary/aromatic N) is 1. The maximum atomic E-state index is 5.60. The summed E-state index contributed by atoms with van der Waals surface area (Å²) in [6.07, 6.45) is 2.40. The van der Waals surface area contributed by atoms with Crippen molar-refractivity contribution in [3.8, 4) is 17.0 Å². The number of H-pyrrole nitrogens is 1. The molecule has 0 aliphatic heterocycles. The zero-order valence-electron chi connectivity index (χ0n) is 12.9. The Labute approximate surface area is 130 Å². The summed E-state index contributed by atoms with van der Waals surface area (Å²) in [4.78, 5) is 8.05. The minimum absolute atomic E-state index is 0.544. The summed E-state index contributed by atoms with van der Waals surface area (Å²) >= 11 is 5.45. The quantitative estimate of drug-likeness (QED) is 0.841. The van der Waals surface area contributed by atoms with Gasteiger partial charge in [0.1, 0.15) is 16.2 Å². The van der Waals surface area contributed by atoms with Crippen LogP contribution in [0.1, 0.15) is 41.3 Å². The van der Waals surface area contributed by atoms with Gasteiger partial charge in [-0.25, -0.2) is 4.98 Å². The van der Waals surface area contributed by atoms with Crippen molar-refractivity contribution in [1.29, 1.82) is 0 Å². The van der Waals surface area contributed by atoms with Crippen molar-refractivity contribution in [3.05, 3.63) is 39.3 Å². The smallest absolute Gasteiger partial charge is 0.133 e. The van der Waals surface area contributed by atoms with Gasteiger partial charge in [-0.05, 0) is 50.8 Å². The number of aromatic amines is 1. The summed E-state index contributed by atoms with van der Waals surface area (Å²) in [5.74, 6) is 2.44. The zero-order valence-corrected chi connectivity index (χ0v) is 13.7. The number of aromatic nitrogens is 2. The minimum Gasteiger partial charge on any atom is -0.496 e. The summed E-state index contributed by atoms with van der Waals surface area (Å²) in [6.45, 7) is 6.21. The number of aryl methyl sites for hydroxylation is 2. The number of hydrogen-bond donors (Lipinski definition) is 1. The normalized spacial score (nSPS) is 14.3. The molecule has 0 bridgehead atoms. The predicted octanol–water partition coefficient (Wildman–Crippen LogP) is 4.62. The Balaban J connectivity index is 2.27. The van der Waals surface area contributed by atoms with Crippen molar-refractivity contribution < 1.29 is 4.74 Å². The molecule has 1 saturated carbocycles. The molecule has 3 rings (SSSR count). The summed E-state index contributed by atoms with van der Waals surface area (Å²) < 4.78 is 6.29. The van der Waals surface area contributed by atoms with Crippen LogP contribution in [0.15, 0.2) is 12.1 Å². The van der Waals surface area contributed by atoms with E-state index >= 15 is 0 Å². The van der Waals surface area contributed by atoms with Crippen LogP contribution < -0.4 is 4.74 Å². The van der Waals surface area contributed by atoms with E-state index in [0.29, 0.717) is 10.6 Å². The molecule has 1 fully saturated rings. The lowest BCUT2D eigenvalue weighted by molar-refractivity contribution is 0.415. The first kappa shape index (κ1) is 14.3. The van der Waals surface area contributed by atoms with Crippen molar-refractivity contribution in [2.24, 2.45) is 0 Å². The number of methoxy groups -OCH3 is 1. The molecule has 0 saturated heterocycles. The maximum Gasteiger partial charge on any atom is 0.133 e. The number of rotatable bonds is 3. The molecule has 1 aromatic carbocycles. The molecule has 2 aromatic rings. The molecule has 1 aromatic heterocycles. The van der Waals surface area contributed by atoms with E-state index in [4.69, 9.17) is 17.0 Å². The lowest BCUT2D eigenvalue weighted by Gasteiger charge is -2.16. The molecule has 1 aliphatic rings. The number of nitrogens with one attached hydrogen (secondary N) is 1. The Morgan fingerprint density at radius 1 is 1.24 bits per heavy atom. The number of benzene rings is 1. The fourth-order valence-corrected chi connectivity index (χ4v) is 2.96. The van der Waals surface area contributed by atoms with Gasteiger partial charge in [-0.15, -0.1) is 0 Å². The highest BCUT2D eigenvalue weighted by Crippen LogP contribution is 2.41. The first-order valence-corrected chi connectivity index (χ1v) is 7.68. The third-order valence-corrected chi connectivity index (χ3v) is 4.45. The molecule has 1 heterocycles. The first-order chi connectivity index (χ1) is 10.0. The lowest BCUT2D eigenvalue weighted by Crippen LogP contribution is -2.02. The van der Waals surface area contributed by atoms with Gasteiger partial charge in [-0.2, -0.15) is 0 Å². The van der Waals surface area contributed by atoms with Crippen LogP contribution >= 0.6 is 12.2 Å². The molecule has 0 atom stereocenters.